The average molecular weight is 537 g/mol. The summed E-state index contributed by atoms with van der Waals surface area (Å²) in [7, 11) is 0. The van der Waals surface area contributed by atoms with Gasteiger partial charge in [-0.05, 0) is 44.1 Å². The Hall–Kier alpha value is -3.24. The first-order valence-corrected chi connectivity index (χ1v) is 14.4. The zero-order chi connectivity index (χ0) is 25.7. The number of unbranched alkanes of at least 4 members (excludes halogenated alkanes) is 2. The van der Waals surface area contributed by atoms with E-state index in [0.717, 1.165) is 66.9 Å². The van der Waals surface area contributed by atoms with Crippen LogP contribution in [0.25, 0.3) is 0 Å². The summed E-state index contributed by atoms with van der Waals surface area (Å²) in [5, 5.41) is 25.4. The standard InChI is InChI=1S/C27H32N6O2S2/c34-22(18-16-20-10-4-1-5-11-20)28-26-32-30-24(36-26)14-8-3-9-15-25-31-33-27(37-25)29-23(35)19-17-21-12-6-2-7-13-21/h1-2,4-6,10-12H,3,7-9,13-19H2,(H,28,32,34)(H,29,33,35). The summed E-state index contributed by atoms with van der Waals surface area (Å²) in [5.74, 6) is -0.0554. The van der Waals surface area contributed by atoms with E-state index in [2.05, 4.69) is 49.3 Å². The number of aryl methyl sites for hydroxylation is 3. The van der Waals surface area contributed by atoms with E-state index in [4.69, 9.17) is 0 Å². The van der Waals surface area contributed by atoms with E-state index < -0.39 is 0 Å². The third-order valence-electron chi connectivity index (χ3n) is 5.96. The lowest BCUT2D eigenvalue weighted by Crippen LogP contribution is -2.12. The fraction of sp³-hybridized carbons (Fsp3) is 0.407. The predicted octanol–water partition coefficient (Wildman–Crippen LogP) is 5.91. The lowest BCUT2D eigenvalue weighted by Gasteiger charge is -2.08. The van der Waals surface area contributed by atoms with Crippen LogP contribution < -0.4 is 10.6 Å². The molecule has 0 saturated carbocycles. The number of aromatic nitrogens is 4. The van der Waals surface area contributed by atoms with E-state index in [1.54, 1.807) is 0 Å². The Morgan fingerprint density at radius 3 is 1.97 bits per heavy atom. The second-order valence-electron chi connectivity index (χ2n) is 8.94. The summed E-state index contributed by atoms with van der Waals surface area (Å²) in [6.07, 6.45) is 15.5. The summed E-state index contributed by atoms with van der Waals surface area (Å²) in [4.78, 5) is 24.4. The van der Waals surface area contributed by atoms with Crippen LogP contribution in [0.3, 0.4) is 0 Å². The molecule has 1 aliphatic rings. The summed E-state index contributed by atoms with van der Waals surface area (Å²) < 4.78 is 0. The Balaban J connectivity index is 1.07. The maximum atomic E-state index is 12.2. The number of hydrogen-bond donors (Lipinski definition) is 2. The van der Waals surface area contributed by atoms with E-state index in [0.29, 0.717) is 29.5 Å². The maximum Gasteiger partial charge on any atom is 0.226 e. The Bertz CT molecular complexity index is 1220. The van der Waals surface area contributed by atoms with Crippen LogP contribution in [-0.4, -0.2) is 32.2 Å². The van der Waals surface area contributed by atoms with E-state index >= 15 is 0 Å². The van der Waals surface area contributed by atoms with Gasteiger partial charge in [-0.25, -0.2) is 0 Å². The number of benzene rings is 1. The van der Waals surface area contributed by atoms with Crippen molar-refractivity contribution in [2.75, 3.05) is 10.6 Å². The summed E-state index contributed by atoms with van der Waals surface area (Å²) in [6.45, 7) is 0. The SMILES string of the molecule is O=C(CCC1=CC=CCC1)Nc1nnc(CCCCCc2nnc(NC(=O)CCc3ccccc3)s2)s1. The fourth-order valence-corrected chi connectivity index (χ4v) is 5.54. The van der Waals surface area contributed by atoms with E-state index in [1.807, 2.05) is 30.3 Å². The number of anilines is 2. The van der Waals surface area contributed by atoms with Gasteiger partial charge in [0.1, 0.15) is 10.0 Å². The maximum absolute atomic E-state index is 12.2. The van der Waals surface area contributed by atoms with Crippen LogP contribution >= 0.6 is 22.7 Å². The molecule has 0 fully saturated rings. The summed E-state index contributed by atoms with van der Waals surface area (Å²) in [6, 6.07) is 9.97. The molecule has 2 amide bonds. The molecule has 2 heterocycles. The molecule has 0 radical (unpaired) electrons. The van der Waals surface area contributed by atoms with Crippen LogP contribution in [0.15, 0.2) is 54.1 Å². The second kappa shape index (κ2) is 14.5. The topological polar surface area (TPSA) is 110 Å². The molecular weight excluding hydrogens is 504 g/mol. The van der Waals surface area contributed by atoms with Crippen molar-refractivity contribution in [2.45, 2.75) is 70.6 Å². The van der Waals surface area contributed by atoms with Crippen LogP contribution in [-0.2, 0) is 28.9 Å². The first-order chi connectivity index (χ1) is 18.1. The lowest BCUT2D eigenvalue weighted by atomic mass is 10.0. The average Bonchev–Trinajstić information content (AvgIpc) is 3.56. The highest BCUT2D eigenvalue weighted by atomic mass is 32.1. The molecule has 0 atom stereocenters. The van der Waals surface area contributed by atoms with Gasteiger partial charge >= 0.3 is 0 Å². The number of carbonyl (C=O) groups excluding carboxylic acids is 2. The van der Waals surface area contributed by atoms with Crippen LogP contribution in [0.4, 0.5) is 10.3 Å². The molecule has 4 rings (SSSR count). The Morgan fingerprint density at radius 1 is 0.757 bits per heavy atom. The van der Waals surface area contributed by atoms with E-state index in [-0.39, 0.29) is 11.8 Å². The van der Waals surface area contributed by atoms with Crippen molar-refractivity contribution in [3.63, 3.8) is 0 Å². The quantitative estimate of drug-likeness (QED) is 0.248. The number of nitrogens with one attached hydrogen (secondary N) is 2. The molecule has 37 heavy (non-hydrogen) atoms. The third-order valence-corrected chi connectivity index (χ3v) is 7.76. The number of rotatable bonds is 14. The van der Waals surface area contributed by atoms with Crippen LogP contribution in [0.5, 0.6) is 0 Å². The minimum Gasteiger partial charge on any atom is -0.301 e. The first kappa shape index (κ1) is 26.8. The number of amides is 2. The highest BCUT2D eigenvalue weighted by Crippen LogP contribution is 2.21. The monoisotopic (exact) mass is 536 g/mol. The zero-order valence-electron chi connectivity index (χ0n) is 20.8. The number of nitrogens with zero attached hydrogens (tertiary/aromatic N) is 4. The fourth-order valence-electron chi connectivity index (χ4n) is 3.94. The minimum atomic E-state index is -0.0433. The molecule has 0 bridgehead atoms. The Morgan fingerprint density at radius 2 is 1.38 bits per heavy atom. The van der Waals surface area contributed by atoms with Gasteiger partial charge < -0.3 is 10.6 Å². The normalized spacial score (nSPS) is 12.8. The van der Waals surface area contributed by atoms with Crippen molar-refractivity contribution in [3.05, 3.63) is 69.7 Å². The molecule has 0 spiro atoms. The van der Waals surface area contributed by atoms with Gasteiger partial charge in [-0.15, -0.1) is 20.4 Å². The van der Waals surface area contributed by atoms with Crippen LogP contribution in [0.1, 0.15) is 66.9 Å². The molecule has 1 aromatic carbocycles. The van der Waals surface area contributed by atoms with E-state index in [1.165, 1.54) is 28.2 Å². The van der Waals surface area contributed by atoms with Gasteiger partial charge in [-0.3, -0.25) is 9.59 Å². The molecule has 10 heteroatoms. The molecule has 8 nitrogen and oxygen atoms in total. The van der Waals surface area contributed by atoms with Gasteiger partial charge in [-0.2, -0.15) is 0 Å². The second-order valence-corrected chi connectivity index (χ2v) is 11.1. The molecule has 0 saturated heterocycles. The van der Waals surface area contributed by atoms with Gasteiger partial charge in [0.25, 0.3) is 0 Å². The molecule has 2 N–H and O–H groups in total. The van der Waals surface area contributed by atoms with Gasteiger partial charge in [0.15, 0.2) is 0 Å². The van der Waals surface area contributed by atoms with Crippen molar-refractivity contribution in [1.29, 1.82) is 0 Å². The van der Waals surface area contributed by atoms with E-state index in [9.17, 15) is 9.59 Å². The highest BCUT2D eigenvalue weighted by Gasteiger charge is 2.11. The molecule has 1 aliphatic carbocycles. The van der Waals surface area contributed by atoms with Crippen molar-refractivity contribution in [2.24, 2.45) is 0 Å². The zero-order valence-corrected chi connectivity index (χ0v) is 22.5. The molecule has 3 aromatic rings. The highest BCUT2D eigenvalue weighted by molar-refractivity contribution is 7.15. The van der Waals surface area contributed by atoms with Crippen molar-refractivity contribution in [3.8, 4) is 0 Å². The van der Waals surface area contributed by atoms with Crippen molar-refractivity contribution in [1.82, 2.24) is 20.4 Å². The predicted molar refractivity (Wildman–Crippen MR) is 149 cm³/mol. The van der Waals surface area contributed by atoms with Gasteiger partial charge in [0, 0.05) is 25.7 Å². The molecule has 0 aliphatic heterocycles. The third kappa shape index (κ3) is 9.62. The first-order valence-electron chi connectivity index (χ1n) is 12.8. The lowest BCUT2D eigenvalue weighted by molar-refractivity contribution is -0.117. The van der Waals surface area contributed by atoms with Crippen LogP contribution in [0, 0.1) is 0 Å². The molecule has 0 unspecified atom stereocenters. The van der Waals surface area contributed by atoms with Gasteiger partial charge in [-0.1, -0.05) is 83.2 Å². The van der Waals surface area contributed by atoms with Crippen molar-refractivity contribution >= 4 is 44.8 Å². The number of allylic oxidation sites excluding steroid dienone is 4. The largest absolute Gasteiger partial charge is 0.301 e. The summed E-state index contributed by atoms with van der Waals surface area (Å²) in [5.41, 5.74) is 2.47. The Labute approximate surface area is 225 Å². The van der Waals surface area contributed by atoms with Crippen LogP contribution in [0.2, 0.25) is 0 Å². The molecule has 2 aromatic heterocycles. The minimum absolute atomic E-state index is 0.0121. The molecular formula is C27H32N6O2S2. The summed E-state index contributed by atoms with van der Waals surface area (Å²) >= 11 is 2.89. The Kier molecular flexibility index (Phi) is 10.5. The van der Waals surface area contributed by atoms with Crippen molar-refractivity contribution < 1.29 is 9.59 Å². The smallest absolute Gasteiger partial charge is 0.226 e. The number of carbonyl (C=O) groups is 2. The van der Waals surface area contributed by atoms with Gasteiger partial charge in [0.05, 0.1) is 0 Å². The van der Waals surface area contributed by atoms with Gasteiger partial charge in [0.2, 0.25) is 22.1 Å². The molecule has 194 valence electrons. The number of hydrogen-bond acceptors (Lipinski definition) is 8.